The summed E-state index contributed by atoms with van der Waals surface area (Å²) in [5.74, 6) is 0. The van der Waals surface area contributed by atoms with Crippen molar-refractivity contribution in [2.75, 3.05) is 0 Å². The maximum atomic E-state index is 3.83. The fraction of sp³-hybridized carbons (Fsp3) is 0.486. The second-order valence-electron chi connectivity index (χ2n) is 12.2. The molecule has 2 aromatic rings. The largest absolute Gasteiger partial charge is 0.0861 e. The van der Waals surface area contributed by atoms with Crippen molar-refractivity contribution in [3.05, 3.63) is 86.6 Å². The van der Waals surface area contributed by atoms with Crippen LogP contribution in [0.1, 0.15) is 99.0 Å². The maximum Gasteiger partial charge on any atom is 0.0861 e. The highest BCUT2D eigenvalue weighted by molar-refractivity contribution is 9.10. The number of hydrogen-bond donors (Lipinski definition) is 0. The van der Waals surface area contributed by atoms with Crippen LogP contribution in [0.5, 0.6) is 0 Å². The van der Waals surface area contributed by atoms with E-state index in [1.807, 2.05) is 0 Å². The van der Waals surface area contributed by atoms with E-state index in [0.29, 0.717) is 0 Å². The van der Waals surface area contributed by atoms with E-state index in [0.717, 1.165) is 23.0 Å². The van der Waals surface area contributed by atoms with Gasteiger partial charge >= 0.3 is 0 Å². The molecule has 0 aromatic heterocycles. The SMILES string of the molecule is CCCC/C=C(/C1=CC2=C(CCCC2)/C1=C/[Si](C(C)C)(C(C)C)C(C)C)c1ccc(Br)c2ccccc12. The first-order valence-corrected chi connectivity index (χ1v) is 17.9. The van der Waals surface area contributed by atoms with Crippen LogP contribution in [0.3, 0.4) is 0 Å². The lowest BCUT2D eigenvalue weighted by Gasteiger charge is -2.41. The van der Waals surface area contributed by atoms with Crippen molar-refractivity contribution in [3.8, 4) is 0 Å². The Kier molecular flexibility index (Phi) is 9.23. The Balaban J connectivity index is 1.98. The molecular formula is C35H47BrSi. The number of rotatable bonds is 9. The van der Waals surface area contributed by atoms with Crippen LogP contribution >= 0.6 is 15.9 Å². The number of allylic oxidation sites excluding steroid dienone is 7. The molecule has 0 heterocycles. The van der Waals surface area contributed by atoms with Crippen molar-refractivity contribution in [2.45, 2.75) is 110 Å². The molecule has 198 valence electrons. The average molecular weight is 576 g/mol. The van der Waals surface area contributed by atoms with Crippen molar-refractivity contribution in [2.24, 2.45) is 0 Å². The normalized spacial score (nSPS) is 18.1. The first kappa shape index (κ1) is 28.4. The van der Waals surface area contributed by atoms with E-state index in [4.69, 9.17) is 0 Å². The minimum absolute atomic E-state index is 0.718. The highest BCUT2D eigenvalue weighted by atomic mass is 79.9. The second-order valence-corrected chi connectivity index (χ2v) is 18.8. The quantitative estimate of drug-likeness (QED) is 0.206. The summed E-state index contributed by atoms with van der Waals surface area (Å²) >= 11 is 3.83. The summed E-state index contributed by atoms with van der Waals surface area (Å²) in [7, 11) is -1.73. The third kappa shape index (κ3) is 5.43. The fourth-order valence-electron chi connectivity index (χ4n) is 7.26. The predicted octanol–water partition coefficient (Wildman–Crippen LogP) is 12.1. The molecule has 0 saturated heterocycles. The molecule has 0 spiro atoms. The van der Waals surface area contributed by atoms with Crippen LogP contribution in [0, 0.1) is 0 Å². The van der Waals surface area contributed by atoms with Crippen LogP contribution in [0.2, 0.25) is 16.6 Å². The Bertz CT molecular complexity index is 1230. The van der Waals surface area contributed by atoms with E-state index < -0.39 is 8.07 Å². The first-order chi connectivity index (χ1) is 17.7. The minimum Gasteiger partial charge on any atom is -0.0855 e. The van der Waals surface area contributed by atoms with Gasteiger partial charge in [0.2, 0.25) is 0 Å². The molecule has 2 aromatic carbocycles. The molecule has 2 aliphatic rings. The lowest BCUT2D eigenvalue weighted by Crippen LogP contribution is -2.43. The van der Waals surface area contributed by atoms with Crippen LogP contribution in [0.15, 0.2) is 81.0 Å². The van der Waals surface area contributed by atoms with Gasteiger partial charge in [0.1, 0.15) is 0 Å². The Hall–Kier alpha value is -1.64. The number of fused-ring (bicyclic) bond motifs is 1. The molecule has 0 nitrogen and oxygen atoms in total. The Morgan fingerprint density at radius 1 is 0.892 bits per heavy atom. The van der Waals surface area contributed by atoms with Crippen molar-refractivity contribution in [1.29, 1.82) is 0 Å². The van der Waals surface area contributed by atoms with Crippen molar-refractivity contribution < 1.29 is 0 Å². The fourth-order valence-corrected chi connectivity index (χ4v) is 13.6. The van der Waals surface area contributed by atoms with E-state index in [2.05, 4.69) is 119 Å². The van der Waals surface area contributed by atoms with Crippen molar-refractivity contribution in [3.63, 3.8) is 0 Å². The summed E-state index contributed by atoms with van der Waals surface area (Å²) in [5.41, 5.74) is 14.3. The predicted molar refractivity (Wildman–Crippen MR) is 172 cm³/mol. The number of benzene rings is 2. The van der Waals surface area contributed by atoms with E-state index in [-0.39, 0.29) is 0 Å². The standard InChI is InChI=1S/C35H47BrSi/c1-8-9-10-17-30(31-20-21-35(36)32-19-14-13-18-29(31)32)33-22-27-15-11-12-16-28(27)34(33)23-37(24(2)3,25(4)5)26(6)7/h13-14,17-26H,8-12,15-16H2,1-7H3/b30-17+,34-23-. The Labute approximate surface area is 236 Å². The molecule has 4 rings (SSSR count). The summed E-state index contributed by atoms with van der Waals surface area (Å²) in [4.78, 5) is 0. The molecule has 0 amide bonds. The molecule has 0 radical (unpaired) electrons. The van der Waals surface area contributed by atoms with Crippen LogP contribution < -0.4 is 0 Å². The average Bonchev–Trinajstić information content (AvgIpc) is 3.23. The molecule has 0 fully saturated rings. The molecule has 0 atom stereocenters. The molecule has 37 heavy (non-hydrogen) atoms. The lowest BCUT2D eigenvalue weighted by molar-refractivity contribution is 0.694. The zero-order valence-corrected chi connectivity index (χ0v) is 26.8. The van der Waals surface area contributed by atoms with Crippen LogP contribution in [-0.4, -0.2) is 8.07 Å². The summed E-state index contributed by atoms with van der Waals surface area (Å²) in [6.45, 7) is 17.3. The molecule has 0 saturated carbocycles. The van der Waals surface area contributed by atoms with Gasteiger partial charge in [0.05, 0.1) is 8.07 Å². The second kappa shape index (κ2) is 12.0. The Morgan fingerprint density at radius 2 is 1.54 bits per heavy atom. The van der Waals surface area contributed by atoms with Gasteiger partial charge in [-0.15, -0.1) is 0 Å². The van der Waals surface area contributed by atoms with Crippen LogP contribution in [0.25, 0.3) is 16.3 Å². The van der Waals surface area contributed by atoms with E-state index in [1.54, 1.807) is 16.7 Å². The number of hydrogen-bond acceptors (Lipinski definition) is 0. The summed E-state index contributed by atoms with van der Waals surface area (Å²) in [5, 5.41) is 2.66. The molecule has 0 unspecified atom stereocenters. The third-order valence-corrected chi connectivity index (χ3v) is 16.7. The molecule has 0 N–H and O–H groups in total. The highest BCUT2D eigenvalue weighted by Crippen LogP contribution is 2.50. The Morgan fingerprint density at radius 3 is 2.19 bits per heavy atom. The topological polar surface area (TPSA) is 0 Å². The van der Waals surface area contributed by atoms with Gasteiger partial charge in [0, 0.05) is 4.47 Å². The van der Waals surface area contributed by atoms with Crippen molar-refractivity contribution >= 4 is 40.3 Å². The molecule has 0 aliphatic heterocycles. The van der Waals surface area contributed by atoms with Gasteiger partial charge in [-0.3, -0.25) is 0 Å². The summed E-state index contributed by atoms with van der Waals surface area (Å²) in [6, 6.07) is 13.5. The number of unbranched alkanes of at least 4 members (excludes halogenated alkanes) is 2. The van der Waals surface area contributed by atoms with Gasteiger partial charge in [0.15, 0.2) is 0 Å². The van der Waals surface area contributed by atoms with Gasteiger partial charge in [0.25, 0.3) is 0 Å². The molecule has 0 bridgehead atoms. The zero-order valence-electron chi connectivity index (χ0n) is 24.3. The minimum atomic E-state index is -1.73. The van der Waals surface area contributed by atoms with Gasteiger partial charge in [-0.25, -0.2) is 0 Å². The summed E-state index contributed by atoms with van der Waals surface area (Å²) in [6.07, 6.45) is 13.9. The van der Waals surface area contributed by atoms with Gasteiger partial charge in [-0.2, -0.15) is 0 Å². The highest BCUT2D eigenvalue weighted by Gasteiger charge is 2.42. The van der Waals surface area contributed by atoms with E-state index in [1.165, 1.54) is 70.5 Å². The van der Waals surface area contributed by atoms with Gasteiger partial charge in [-0.1, -0.05) is 125 Å². The number of halogens is 1. The lowest BCUT2D eigenvalue weighted by atomic mass is 9.87. The van der Waals surface area contributed by atoms with Crippen molar-refractivity contribution in [1.82, 2.24) is 0 Å². The molecule has 2 aliphatic carbocycles. The van der Waals surface area contributed by atoms with Gasteiger partial charge in [-0.05, 0) is 99.0 Å². The van der Waals surface area contributed by atoms with Gasteiger partial charge < -0.3 is 0 Å². The molecule has 2 heteroatoms. The molecular weight excluding hydrogens is 528 g/mol. The monoisotopic (exact) mass is 574 g/mol. The van der Waals surface area contributed by atoms with E-state index in [9.17, 15) is 0 Å². The van der Waals surface area contributed by atoms with Crippen LogP contribution in [-0.2, 0) is 0 Å². The maximum absolute atomic E-state index is 3.83. The zero-order chi connectivity index (χ0) is 26.7. The smallest absolute Gasteiger partial charge is 0.0855 e. The van der Waals surface area contributed by atoms with E-state index >= 15 is 0 Å². The first-order valence-electron chi connectivity index (χ1n) is 14.8. The summed E-state index contributed by atoms with van der Waals surface area (Å²) < 4.78 is 1.18. The third-order valence-electron chi connectivity index (χ3n) is 9.20. The van der Waals surface area contributed by atoms with Crippen LogP contribution in [0.4, 0.5) is 0 Å².